The highest BCUT2D eigenvalue weighted by molar-refractivity contribution is 7.88. The molecule has 1 atom stereocenters. The summed E-state index contributed by atoms with van der Waals surface area (Å²) in [5.74, 6) is 0. The maximum Gasteiger partial charge on any atom is 0.211 e. The van der Waals surface area contributed by atoms with Crippen LogP contribution in [0.5, 0.6) is 0 Å². The Kier molecular flexibility index (Phi) is 4.41. The topological polar surface area (TPSA) is 40.6 Å². The van der Waals surface area contributed by atoms with E-state index in [1.54, 1.807) is 11.3 Å². The van der Waals surface area contributed by atoms with Crippen molar-refractivity contribution in [1.29, 1.82) is 0 Å². The number of nitrogens with zero attached hydrogens (tertiary/aromatic N) is 2. The van der Waals surface area contributed by atoms with Crippen LogP contribution in [0.1, 0.15) is 37.7 Å². The van der Waals surface area contributed by atoms with E-state index >= 15 is 0 Å². The third-order valence-corrected chi connectivity index (χ3v) is 6.91. The highest BCUT2D eigenvalue weighted by Crippen LogP contribution is 2.38. The second kappa shape index (κ2) is 5.99. The molecule has 2 saturated heterocycles. The molecule has 3 heterocycles. The summed E-state index contributed by atoms with van der Waals surface area (Å²) in [5, 5.41) is 4.30. The maximum absolute atomic E-state index is 12.2. The van der Waals surface area contributed by atoms with E-state index in [0.717, 1.165) is 51.7 Å². The molecule has 0 bridgehead atoms. The second-order valence-electron chi connectivity index (χ2n) is 6.46. The van der Waals surface area contributed by atoms with Crippen LogP contribution in [0.2, 0.25) is 0 Å². The van der Waals surface area contributed by atoms with Crippen molar-refractivity contribution in [2.24, 2.45) is 0 Å². The van der Waals surface area contributed by atoms with Gasteiger partial charge < -0.3 is 0 Å². The third-order valence-electron chi connectivity index (χ3n) is 4.80. The number of hydrogen-bond donors (Lipinski definition) is 0. The Morgan fingerprint density at radius 1 is 1.24 bits per heavy atom. The third kappa shape index (κ3) is 3.33. The predicted octanol–water partition coefficient (Wildman–Crippen LogP) is 2.53. The zero-order chi connectivity index (χ0) is 14.9. The van der Waals surface area contributed by atoms with Gasteiger partial charge in [-0.2, -0.15) is 15.6 Å². The summed E-state index contributed by atoms with van der Waals surface area (Å²) in [4.78, 5) is 2.44. The summed E-state index contributed by atoms with van der Waals surface area (Å²) >= 11 is 1.73. The van der Waals surface area contributed by atoms with Crippen LogP contribution >= 0.6 is 11.3 Å². The first-order chi connectivity index (χ1) is 10.00. The molecule has 0 saturated carbocycles. The second-order valence-corrected chi connectivity index (χ2v) is 9.15. The minimum Gasteiger partial charge on any atom is -0.297 e. The first-order valence-corrected chi connectivity index (χ1v) is 10.5. The lowest BCUT2D eigenvalue weighted by molar-refractivity contribution is 0.0337. The van der Waals surface area contributed by atoms with Gasteiger partial charge in [0.2, 0.25) is 10.0 Å². The molecule has 0 aliphatic carbocycles. The molecule has 0 amide bonds. The summed E-state index contributed by atoms with van der Waals surface area (Å²) in [5.41, 5.74) is 1.19. The van der Waals surface area contributed by atoms with Crippen LogP contribution in [0.15, 0.2) is 16.8 Å². The molecular formula is C15H24N2O2S2. The average Bonchev–Trinajstić information content (AvgIpc) is 2.91. The number of thiophene rings is 1. The number of rotatable bonds is 3. The van der Waals surface area contributed by atoms with Gasteiger partial charge in [-0.1, -0.05) is 6.42 Å². The normalized spacial score (nSPS) is 29.0. The van der Waals surface area contributed by atoms with Crippen molar-refractivity contribution in [2.45, 2.75) is 44.2 Å². The minimum atomic E-state index is -3.11. The van der Waals surface area contributed by atoms with E-state index in [0.29, 0.717) is 6.54 Å². The Hall–Kier alpha value is -0.430. The van der Waals surface area contributed by atoms with Crippen LogP contribution in [0, 0.1) is 0 Å². The molecule has 1 aromatic rings. The van der Waals surface area contributed by atoms with E-state index in [2.05, 4.69) is 21.7 Å². The highest BCUT2D eigenvalue weighted by atomic mass is 32.2. The molecule has 21 heavy (non-hydrogen) atoms. The van der Waals surface area contributed by atoms with Crippen LogP contribution in [0.3, 0.4) is 0 Å². The quantitative estimate of drug-likeness (QED) is 0.856. The van der Waals surface area contributed by atoms with Gasteiger partial charge in [0.1, 0.15) is 0 Å². The first kappa shape index (κ1) is 15.5. The largest absolute Gasteiger partial charge is 0.297 e. The fourth-order valence-electron chi connectivity index (χ4n) is 3.98. The van der Waals surface area contributed by atoms with Crippen molar-refractivity contribution in [3.63, 3.8) is 0 Å². The standard InChI is InChI=1S/C15H24N2O2S2/c1-21(18,19)17-9-3-2-6-15(17)7-4-8-16(13-15)11-14-5-10-20-12-14/h5,10,12H,2-4,6-9,11,13H2,1H3. The smallest absolute Gasteiger partial charge is 0.211 e. The van der Waals surface area contributed by atoms with Crippen LogP contribution in [-0.4, -0.2) is 49.1 Å². The van der Waals surface area contributed by atoms with Gasteiger partial charge in [0.25, 0.3) is 0 Å². The summed E-state index contributed by atoms with van der Waals surface area (Å²) < 4.78 is 26.2. The molecule has 1 unspecified atom stereocenters. The number of sulfonamides is 1. The zero-order valence-electron chi connectivity index (χ0n) is 12.6. The van der Waals surface area contributed by atoms with Gasteiger partial charge >= 0.3 is 0 Å². The molecule has 0 N–H and O–H groups in total. The SMILES string of the molecule is CS(=O)(=O)N1CCCCC12CCCN(Cc1ccsc1)C2. The fourth-order valence-corrected chi connectivity index (χ4v) is 6.04. The van der Waals surface area contributed by atoms with Crippen molar-refractivity contribution < 1.29 is 8.42 Å². The summed E-state index contributed by atoms with van der Waals surface area (Å²) in [6.45, 7) is 3.61. The van der Waals surface area contributed by atoms with Gasteiger partial charge in [-0.05, 0) is 54.6 Å². The summed E-state index contributed by atoms with van der Waals surface area (Å²) in [7, 11) is -3.11. The monoisotopic (exact) mass is 328 g/mol. The maximum atomic E-state index is 12.2. The van der Waals surface area contributed by atoms with Crippen LogP contribution in [0.25, 0.3) is 0 Å². The summed E-state index contributed by atoms with van der Waals surface area (Å²) in [6.07, 6.45) is 6.64. The molecule has 1 aromatic heterocycles. The number of likely N-dealkylation sites (tertiary alicyclic amines) is 1. The van der Waals surface area contributed by atoms with E-state index < -0.39 is 10.0 Å². The van der Waals surface area contributed by atoms with Crippen molar-refractivity contribution in [1.82, 2.24) is 9.21 Å². The number of piperidine rings is 2. The van der Waals surface area contributed by atoms with Crippen LogP contribution in [-0.2, 0) is 16.6 Å². The van der Waals surface area contributed by atoms with Crippen LogP contribution < -0.4 is 0 Å². The lowest BCUT2D eigenvalue weighted by Crippen LogP contribution is -2.61. The van der Waals surface area contributed by atoms with E-state index in [-0.39, 0.29) is 5.54 Å². The molecule has 0 aromatic carbocycles. The van der Waals surface area contributed by atoms with Crippen molar-refractivity contribution in [3.05, 3.63) is 22.4 Å². The average molecular weight is 329 g/mol. The Morgan fingerprint density at radius 2 is 2.05 bits per heavy atom. The van der Waals surface area contributed by atoms with E-state index in [9.17, 15) is 8.42 Å². The Bertz CT molecular complexity index is 567. The molecule has 1 spiro atoms. The van der Waals surface area contributed by atoms with Gasteiger partial charge in [-0.25, -0.2) is 8.42 Å². The molecule has 2 fully saturated rings. The molecule has 4 nitrogen and oxygen atoms in total. The van der Waals surface area contributed by atoms with Gasteiger partial charge in [0, 0.05) is 25.2 Å². The molecule has 2 aliphatic heterocycles. The molecule has 118 valence electrons. The van der Waals surface area contributed by atoms with Gasteiger partial charge in [0.15, 0.2) is 0 Å². The lowest BCUT2D eigenvalue weighted by atomic mass is 9.81. The van der Waals surface area contributed by atoms with Gasteiger partial charge in [-0.3, -0.25) is 4.90 Å². The van der Waals surface area contributed by atoms with Gasteiger partial charge in [-0.15, -0.1) is 0 Å². The van der Waals surface area contributed by atoms with Crippen LogP contribution in [0.4, 0.5) is 0 Å². The van der Waals surface area contributed by atoms with Crippen molar-refractivity contribution in [2.75, 3.05) is 25.9 Å². The van der Waals surface area contributed by atoms with E-state index in [4.69, 9.17) is 0 Å². The van der Waals surface area contributed by atoms with E-state index in [1.807, 2.05) is 4.31 Å². The molecule has 0 radical (unpaired) electrons. The van der Waals surface area contributed by atoms with E-state index in [1.165, 1.54) is 11.8 Å². The highest BCUT2D eigenvalue weighted by Gasteiger charge is 2.45. The van der Waals surface area contributed by atoms with Crippen molar-refractivity contribution in [3.8, 4) is 0 Å². The zero-order valence-corrected chi connectivity index (χ0v) is 14.3. The Balaban J connectivity index is 1.79. The Labute approximate surface area is 131 Å². The van der Waals surface area contributed by atoms with Crippen molar-refractivity contribution >= 4 is 21.4 Å². The summed E-state index contributed by atoms with van der Waals surface area (Å²) in [6, 6.07) is 2.17. The molecule has 2 aliphatic rings. The number of hydrogen-bond acceptors (Lipinski definition) is 4. The first-order valence-electron chi connectivity index (χ1n) is 7.71. The van der Waals surface area contributed by atoms with Gasteiger partial charge in [0.05, 0.1) is 6.26 Å². The lowest BCUT2D eigenvalue weighted by Gasteiger charge is -2.51. The predicted molar refractivity (Wildman–Crippen MR) is 87.0 cm³/mol. The fraction of sp³-hybridized carbons (Fsp3) is 0.733. The molecule has 3 rings (SSSR count). The molecule has 6 heteroatoms. The minimum absolute atomic E-state index is 0.153. The molecular weight excluding hydrogens is 304 g/mol. The Morgan fingerprint density at radius 3 is 2.76 bits per heavy atom.